The van der Waals surface area contributed by atoms with Gasteiger partial charge < -0.3 is 10.1 Å². The van der Waals surface area contributed by atoms with E-state index < -0.39 is 0 Å². The zero-order valence-corrected chi connectivity index (χ0v) is 14.4. The first-order valence-electron chi connectivity index (χ1n) is 6.17. The number of ether oxygens (including phenoxy) is 1. The standard InChI is InChI=1S/C15H13Cl4NO/c1-8(10-4-6-12(17)15(19)14(10)18)20-13-7-9(21-2)3-5-11(13)16/h3-8,20H,1-2H3. The number of hydrogen-bond donors (Lipinski definition) is 1. The SMILES string of the molecule is COc1ccc(Cl)c(NC(C)c2ccc(Cl)c(Cl)c2Cl)c1. The molecule has 0 aliphatic rings. The van der Waals surface area contributed by atoms with Crippen molar-refractivity contribution in [2.45, 2.75) is 13.0 Å². The smallest absolute Gasteiger partial charge is 0.121 e. The molecule has 0 fully saturated rings. The molecule has 112 valence electrons. The number of methoxy groups -OCH3 is 1. The molecule has 2 rings (SSSR count). The maximum absolute atomic E-state index is 6.24. The van der Waals surface area contributed by atoms with Crippen LogP contribution in [-0.4, -0.2) is 7.11 Å². The third-order valence-electron chi connectivity index (χ3n) is 3.08. The van der Waals surface area contributed by atoms with E-state index in [4.69, 9.17) is 51.1 Å². The molecule has 6 heteroatoms. The lowest BCUT2D eigenvalue weighted by atomic mass is 10.1. The molecular weight excluding hydrogens is 352 g/mol. The van der Waals surface area contributed by atoms with Crippen LogP contribution < -0.4 is 10.1 Å². The van der Waals surface area contributed by atoms with Gasteiger partial charge in [-0.2, -0.15) is 0 Å². The number of halogens is 4. The second-order valence-corrected chi connectivity index (χ2v) is 6.05. The van der Waals surface area contributed by atoms with Crippen LogP contribution >= 0.6 is 46.4 Å². The number of anilines is 1. The summed E-state index contributed by atoms with van der Waals surface area (Å²) in [4.78, 5) is 0. The quantitative estimate of drug-likeness (QED) is 0.626. The molecule has 0 aliphatic heterocycles. The Balaban J connectivity index is 2.30. The van der Waals surface area contributed by atoms with E-state index in [0.29, 0.717) is 25.8 Å². The summed E-state index contributed by atoms with van der Waals surface area (Å²) in [7, 11) is 1.60. The Labute approximate surface area is 143 Å². The van der Waals surface area contributed by atoms with Gasteiger partial charge in [0.15, 0.2) is 0 Å². The normalized spacial score (nSPS) is 12.1. The third kappa shape index (κ3) is 3.70. The van der Waals surface area contributed by atoms with Gasteiger partial charge in [-0.05, 0) is 30.7 Å². The molecule has 2 nitrogen and oxygen atoms in total. The van der Waals surface area contributed by atoms with E-state index in [1.807, 2.05) is 19.1 Å². The molecule has 0 aliphatic carbocycles. The fourth-order valence-corrected chi connectivity index (χ4v) is 2.81. The summed E-state index contributed by atoms with van der Waals surface area (Å²) in [6.45, 7) is 1.96. The van der Waals surface area contributed by atoms with Gasteiger partial charge in [0, 0.05) is 6.07 Å². The summed E-state index contributed by atoms with van der Waals surface area (Å²) < 4.78 is 5.19. The van der Waals surface area contributed by atoms with Crippen LogP contribution in [0.3, 0.4) is 0 Å². The molecule has 1 atom stereocenters. The van der Waals surface area contributed by atoms with Crippen molar-refractivity contribution in [2.24, 2.45) is 0 Å². The summed E-state index contributed by atoms with van der Waals surface area (Å²) in [6, 6.07) is 8.84. The highest BCUT2D eigenvalue weighted by molar-refractivity contribution is 6.48. The summed E-state index contributed by atoms with van der Waals surface area (Å²) in [5.41, 5.74) is 1.59. The van der Waals surface area contributed by atoms with Crippen LogP contribution in [0.1, 0.15) is 18.5 Å². The molecule has 0 saturated heterocycles. The molecular formula is C15H13Cl4NO. The zero-order chi connectivity index (χ0) is 15.6. The van der Waals surface area contributed by atoms with Crippen molar-refractivity contribution in [1.29, 1.82) is 0 Å². The third-order valence-corrected chi connectivity index (χ3v) is 4.71. The first-order valence-corrected chi connectivity index (χ1v) is 7.68. The molecule has 0 spiro atoms. The molecule has 21 heavy (non-hydrogen) atoms. The highest BCUT2D eigenvalue weighted by Gasteiger charge is 2.15. The highest BCUT2D eigenvalue weighted by Crippen LogP contribution is 2.37. The van der Waals surface area contributed by atoms with E-state index in [2.05, 4.69) is 5.32 Å². The Bertz CT molecular complexity index is 660. The van der Waals surface area contributed by atoms with Gasteiger partial charge in [-0.15, -0.1) is 0 Å². The molecule has 0 heterocycles. The summed E-state index contributed by atoms with van der Waals surface area (Å²) in [5.74, 6) is 0.717. The molecule has 2 aromatic rings. The van der Waals surface area contributed by atoms with E-state index in [0.717, 1.165) is 11.3 Å². The van der Waals surface area contributed by atoms with Gasteiger partial charge in [0.25, 0.3) is 0 Å². The van der Waals surface area contributed by atoms with Gasteiger partial charge >= 0.3 is 0 Å². The predicted molar refractivity (Wildman–Crippen MR) is 91.5 cm³/mol. The molecule has 0 bridgehead atoms. The molecule has 1 N–H and O–H groups in total. The van der Waals surface area contributed by atoms with Crippen LogP contribution in [0.15, 0.2) is 30.3 Å². The van der Waals surface area contributed by atoms with E-state index in [9.17, 15) is 0 Å². The highest BCUT2D eigenvalue weighted by atomic mass is 35.5. The lowest BCUT2D eigenvalue weighted by molar-refractivity contribution is 0.415. The van der Waals surface area contributed by atoms with E-state index in [1.54, 1.807) is 25.3 Å². The molecule has 0 saturated carbocycles. The second kappa shape index (κ2) is 6.97. The second-order valence-electron chi connectivity index (χ2n) is 4.48. The molecule has 0 aromatic heterocycles. The first kappa shape index (κ1) is 16.6. The first-order chi connectivity index (χ1) is 9.93. The van der Waals surface area contributed by atoms with Gasteiger partial charge in [-0.1, -0.05) is 52.5 Å². The largest absolute Gasteiger partial charge is 0.497 e. The van der Waals surface area contributed by atoms with Crippen LogP contribution in [-0.2, 0) is 0 Å². The minimum absolute atomic E-state index is 0.100. The molecule has 0 amide bonds. The lowest BCUT2D eigenvalue weighted by Gasteiger charge is -2.19. The van der Waals surface area contributed by atoms with E-state index >= 15 is 0 Å². The maximum atomic E-state index is 6.24. The van der Waals surface area contributed by atoms with Crippen LogP contribution in [0.2, 0.25) is 20.1 Å². The van der Waals surface area contributed by atoms with Crippen molar-refractivity contribution < 1.29 is 4.74 Å². The Hall–Kier alpha value is -0.800. The summed E-state index contributed by atoms with van der Waals surface area (Å²) >= 11 is 24.4. The van der Waals surface area contributed by atoms with Crippen molar-refractivity contribution in [2.75, 3.05) is 12.4 Å². The van der Waals surface area contributed by atoms with Gasteiger partial charge in [0.05, 0.1) is 38.9 Å². The van der Waals surface area contributed by atoms with E-state index in [1.165, 1.54) is 0 Å². The number of benzene rings is 2. The zero-order valence-electron chi connectivity index (χ0n) is 11.4. The van der Waals surface area contributed by atoms with Gasteiger partial charge in [0.1, 0.15) is 5.75 Å². The van der Waals surface area contributed by atoms with Crippen molar-refractivity contribution in [1.82, 2.24) is 0 Å². The number of hydrogen-bond acceptors (Lipinski definition) is 2. The van der Waals surface area contributed by atoms with Gasteiger partial charge in [-0.25, -0.2) is 0 Å². The predicted octanol–water partition coefficient (Wildman–Crippen LogP) is 6.48. The van der Waals surface area contributed by atoms with Crippen molar-refractivity contribution in [3.05, 3.63) is 56.0 Å². The minimum Gasteiger partial charge on any atom is -0.497 e. The Morgan fingerprint density at radius 2 is 1.62 bits per heavy atom. The Morgan fingerprint density at radius 1 is 0.952 bits per heavy atom. The van der Waals surface area contributed by atoms with Crippen LogP contribution in [0.4, 0.5) is 5.69 Å². The topological polar surface area (TPSA) is 21.3 Å². The average Bonchev–Trinajstić information content (AvgIpc) is 2.47. The average molecular weight is 365 g/mol. The lowest BCUT2D eigenvalue weighted by Crippen LogP contribution is -2.08. The van der Waals surface area contributed by atoms with E-state index in [-0.39, 0.29) is 6.04 Å². The number of rotatable bonds is 4. The number of nitrogens with one attached hydrogen (secondary N) is 1. The monoisotopic (exact) mass is 363 g/mol. The summed E-state index contributed by atoms with van der Waals surface area (Å²) in [6.07, 6.45) is 0. The molecule has 1 unspecified atom stereocenters. The van der Waals surface area contributed by atoms with Crippen molar-refractivity contribution in [3.8, 4) is 5.75 Å². The van der Waals surface area contributed by atoms with Crippen LogP contribution in [0, 0.1) is 0 Å². The maximum Gasteiger partial charge on any atom is 0.121 e. The van der Waals surface area contributed by atoms with Crippen molar-refractivity contribution in [3.63, 3.8) is 0 Å². The van der Waals surface area contributed by atoms with Gasteiger partial charge in [0.2, 0.25) is 0 Å². The summed E-state index contributed by atoms with van der Waals surface area (Å²) in [5, 5.41) is 5.10. The fourth-order valence-electron chi connectivity index (χ4n) is 1.93. The van der Waals surface area contributed by atoms with Crippen LogP contribution in [0.5, 0.6) is 5.75 Å². The molecule has 2 aromatic carbocycles. The molecule has 0 radical (unpaired) electrons. The van der Waals surface area contributed by atoms with Gasteiger partial charge in [-0.3, -0.25) is 0 Å². The van der Waals surface area contributed by atoms with Crippen molar-refractivity contribution >= 4 is 52.1 Å². The Kier molecular flexibility index (Phi) is 5.50. The Morgan fingerprint density at radius 3 is 2.29 bits per heavy atom. The fraction of sp³-hybridized carbons (Fsp3) is 0.200. The minimum atomic E-state index is -0.100. The van der Waals surface area contributed by atoms with Crippen LogP contribution in [0.25, 0.3) is 0 Å².